The van der Waals surface area contributed by atoms with Crippen LogP contribution in [0.2, 0.25) is 0 Å². The van der Waals surface area contributed by atoms with Gasteiger partial charge in [-0.2, -0.15) is 0 Å². The largest absolute Gasteiger partial charge is 0.461 e. The van der Waals surface area contributed by atoms with E-state index in [1.807, 2.05) is 0 Å². The molecule has 7 nitrogen and oxygen atoms in total. The molecule has 2 atom stereocenters. The van der Waals surface area contributed by atoms with Gasteiger partial charge in [0.1, 0.15) is 18.2 Å². The second-order valence-corrected chi connectivity index (χ2v) is 6.49. The van der Waals surface area contributed by atoms with Crippen molar-refractivity contribution >= 4 is 23.9 Å². The summed E-state index contributed by atoms with van der Waals surface area (Å²) < 4.78 is 10.6. The maximum absolute atomic E-state index is 12.5. The molecular weight excluding hydrogens is 324 g/mol. The lowest BCUT2D eigenvalue weighted by atomic mass is 9.98. The molecule has 1 saturated carbocycles. The topological polar surface area (TPSA) is 106 Å². The second kappa shape index (κ2) is 11.7. The highest BCUT2D eigenvalue weighted by Crippen LogP contribution is 2.20. The van der Waals surface area contributed by atoms with Crippen LogP contribution in [0, 0.1) is 5.41 Å². The highest BCUT2D eigenvalue weighted by Gasteiger charge is 2.27. The van der Waals surface area contributed by atoms with Crippen LogP contribution in [0.4, 0.5) is 0 Å². The fourth-order valence-electron chi connectivity index (χ4n) is 2.79. The minimum absolute atomic E-state index is 0.00950. The lowest BCUT2D eigenvalue weighted by Crippen LogP contribution is -2.47. The molecule has 1 rings (SSSR count). The van der Waals surface area contributed by atoms with E-state index >= 15 is 0 Å². The van der Waals surface area contributed by atoms with Gasteiger partial charge in [-0.25, -0.2) is 4.79 Å². The fraction of sp³-hybridized carbons (Fsp3) is 0.778. The van der Waals surface area contributed by atoms with Crippen LogP contribution in [0.5, 0.6) is 0 Å². The molecule has 0 saturated heterocycles. The molecular formula is C18H30N2O5. The van der Waals surface area contributed by atoms with E-state index in [1.54, 1.807) is 6.92 Å². The van der Waals surface area contributed by atoms with Gasteiger partial charge in [-0.1, -0.05) is 19.3 Å². The first-order chi connectivity index (χ1) is 12.0. The summed E-state index contributed by atoms with van der Waals surface area (Å²) in [4.78, 5) is 35.9. The lowest BCUT2D eigenvalue weighted by Gasteiger charge is -2.24. The van der Waals surface area contributed by atoms with Crippen molar-refractivity contribution < 1.29 is 23.9 Å². The van der Waals surface area contributed by atoms with Gasteiger partial charge in [0.05, 0.1) is 6.21 Å². The number of rotatable bonds is 9. The van der Waals surface area contributed by atoms with E-state index in [9.17, 15) is 14.4 Å². The van der Waals surface area contributed by atoms with Gasteiger partial charge in [-0.05, 0) is 39.0 Å². The van der Waals surface area contributed by atoms with Crippen LogP contribution in [-0.2, 0) is 23.9 Å². The zero-order valence-corrected chi connectivity index (χ0v) is 15.2. The Bertz CT molecular complexity index is 458. The second-order valence-electron chi connectivity index (χ2n) is 6.49. The average Bonchev–Trinajstić information content (AvgIpc) is 2.59. The van der Waals surface area contributed by atoms with Crippen molar-refractivity contribution in [3.05, 3.63) is 0 Å². The number of nitrogens with one attached hydrogen (secondary N) is 2. The Hall–Kier alpha value is -1.76. The van der Waals surface area contributed by atoms with Crippen molar-refractivity contribution in [1.82, 2.24) is 5.32 Å². The maximum atomic E-state index is 12.5. The number of esters is 1. The molecule has 2 N–H and O–H groups in total. The van der Waals surface area contributed by atoms with Crippen molar-refractivity contribution in [3.63, 3.8) is 0 Å². The van der Waals surface area contributed by atoms with Crippen LogP contribution in [0.3, 0.4) is 0 Å². The number of ether oxygens (including phenoxy) is 2. The monoisotopic (exact) mass is 354 g/mol. The van der Waals surface area contributed by atoms with Crippen LogP contribution >= 0.6 is 0 Å². The van der Waals surface area contributed by atoms with E-state index in [2.05, 4.69) is 5.32 Å². The van der Waals surface area contributed by atoms with Crippen molar-refractivity contribution in [2.24, 2.45) is 0 Å². The quantitative estimate of drug-likeness (QED) is 0.487. The van der Waals surface area contributed by atoms with Crippen molar-refractivity contribution in [2.75, 3.05) is 7.11 Å². The van der Waals surface area contributed by atoms with Gasteiger partial charge in [0.2, 0.25) is 5.91 Å². The molecule has 0 aromatic heterocycles. The summed E-state index contributed by atoms with van der Waals surface area (Å²) in [5, 5.41) is 9.55. The minimum Gasteiger partial charge on any atom is -0.461 e. The van der Waals surface area contributed by atoms with E-state index in [1.165, 1.54) is 13.5 Å². The molecule has 142 valence electrons. The third kappa shape index (κ3) is 8.25. The van der Waals surface area contributed by atoms with Crippen LogP contribution in [0.15, 0.2) is 0 Å². The first-order valence-electron chi connectivity index (χ1n) is 9.05. The molecule has 0 radical (unpaired) electrons. The van der Waals surface area contributed by atoms with Crippen molar-refractivity contribution in [2.45, 2.75) is 83.0 Å². The Morgan fingerprint density at radius 1 is 1.16 bits per heavy atom. The Morgan fingerprint density at radius 3 is 2.32 bits per heavy atom. The number of ketones is 1. The van der Waals surface area contributed by atoms with Gasteiger partial charge in [0.15, 0.2) is 5.78 Å². The predicted molar refractivity (Wildman–Crippen MR) is 93.6 cm³/mol. The third-order valence-electron chi connectivity index (χ3n) is 4.50. The number of amides is 1. The summed E-state index contributed by atoms with van der Waals surface area (Å²) in [5.74, 6) is -1.33. The molecule has 0 spiro atoms. The first-order valence-corrected chi connectivity index (χ1v) is 9.05. The van der Waals surface area contributed by atoms with Gasteiger partial charge in [-0.3, -0.25) is 9.59 Å². The Kier molecular flexibility index (Phi) is 9.99. The standard InChI is InChI=1S/C18H30N2O5/c1-13(24-2)17(22)20-16(11-10-14(21)12-19)18(23)25-15-8-6-4-3-5-7-9-15/h12-13,15-16,19H,3-11H2,1-2H3,(H,20,22)/t13-,16-/m0/s1. The highest BCUT2D eigenvalue weighted by atomic mass is 16.5. The van der Waals surface area contributed by atoms with E-state index in [0.29, 0.717) is 0 Å². The first kappa shape index (κ1) is 21.3. The number of Topliss-reactive ketones (excluding diaryl/α,β-unsaturated/α-hetero) is 1. The number of hydrogen-bond donors (Lipinski definition) is 2. The summed E-state index contributed by atoms with van der Waals surface area (Å²) in [5.41, 5.74) is 0. The van der Waals surface area contributed by atoms with Crippen LogP contribution in [0.25, 0.3) is 0 Å². The molecule has 0 aromatic rings. The Balaban J connectivity index is 2.66. The van der Waals surface area contributed by atoms with E-state index in [4.69, 9.17) is 14.9 Å². The minimum atomic E-state index is -0.903. The van der Waals surface area contributed by atoms with E-state index < -0.39 is 29.8 Å². The molecule has 25 heavy (non-hydrogen) atoms. The van der Waals surface area contributed by atoms with Gasteiger partial charge in [0, 0.05) is 13.5 Å². The van der Waals surface area contributed by atoms with Crippen LogP contribution in [-0.4, -0.2) is 49.2 Å². The molecule has 7 heteroatoms. The van der Waals surface area contributed by atoms with Gasteiger partial charge in [-0.15, -0.1) is 0 Å². The molecule has 0 heterocycles. The zero-order valence-electron chi connectivity index (χ0n) is 15.2. The maximum Gasteiger partial charge on any atom is 0.328 e. The van der Waals surface area contributed by atoms with Crippen molar-refractivity contribution in [1.29, 1.82) is 5.41 Å². The average molecular weight is 354 g/mol. The predicted octanol–water partition coefficient (Wildman–Crippen LogP) is 2.16. The molecule has 0 aromatic carbocycles. The molecule has 1 aliphatic carbocycles. The Morgan fingerprint density at radius 2 is 1.76 bits per heavy atom. The summed E-state index contributed by atoms with van der Waals surface area (Å²) in [6.45, 7) is 1.58. The summed E-state index contributed by atoms with van der Waals surface area (Å²) >= 11 is 0. The summed E-state index contributed by atoms with van der Waals surface area (Å²) in [7, 11) is 1.41. The fourth-order valence-corrected chi connectivity index (χ4v) is 2.79. The van der Waals surface area contributed by atoms with Crippen LogP contribution < -0.4 is 5.32 Å². The molecule has 0 aliphatic heterocycles. The lowest BCUT2D eigenvalue weighted by molar-refractivity contribution is -0.155. The van der Waals surface area contributed by atoms with Crippen molar-refractivity contribution in [3.8, 4) is 0 Å². The molecule has 0 bridgehead atoms. The van der Waals surface area contributed by atoms with E-state index in [-0.39, 0.29) is 18.9 Å². The summed E-state index contributed by atoms with van der Waals surface area (Å²) in [6.07, 6.45) is 7.25. The number of carbonyl (C=O) groups excluding carboxylic acids is 3. The number of carbonyl (C=O) groups is 3. The highest BCUT2D eigenvalue weighted by molar-refractivity contribution is 6.26. The van der Waals surface area contributed by atoms with Crippen LogP contribution in [0.1, 0.15) is 64.7 Å². The summed E-state index contributed by atoms with van der Waals surface area (Å²) in [6, 6.07) is -0.903. The normalized spacial score (nSPS) is 18.3. The molecule has 1 fully saturated rings. The molecule has 1 aliphatic rings. The van der Waals surface area contributed by atoms with E-state index in [0.717, 1.165) is 44.7 Å². The van der Waals surface area contributed by atoms with Gasteiger partial charge in [0.25, 0.3) is 0 Å². The van der Waals surface area contributed by atoms with Gasteiger partial charge >= 0.3 is 5.97 Å². The Labute approximate surface area is 149 Å². The third-order valence-corrected chi connectivity index (χ3v) is 4.50. The SMILES string of the molecule is CO[C@@H](C)C(=O)N[C@@H](CCC(=O)C=N)C(=O)OC1CCCCCCC1. The number of hydrogen-bond acceptors (Lipinski definition) is 6. The smallest absolute Gasteiger partial charge is 0.328 e. The molecule has 0 unspecified atom stereocenters. The zero-order chi connectivity index (χ0) is 18.7. The van der Waals surface area contributed by atoms with Gasteiger partial charge < -0.3 is 20.2 Å². The number of methoxy groups -OCH3 is 1. The molecule has 1 amide bonds.